The number of halogens is 3. The van der Waals surface area contributed by atoms with Crippen LogP contribution < -0.4 is 5.32 Å². The zero-order valence-corrected chi connectivity index (χ0v) is 13.7. The first kappa shape index (κ1) is 14.6. The first-order valence-electron chi connectivity index (χ1n) is 5.79. The number of aromatic nitrogens is 1. The van der Waals surface area contributed by atoms with Crippen molar-refractivity contribution >= 4 is 44.8 Å². The summed E-state index contributed by atoms with van der Waals surface area (Å²) >= 11 is 15.5. The minimum absolute atomic E-state index is 0.399. The van der Waals surface area contributed by atoms with Crippen molar-refractivity contribution in [3.8, 4) is 0 Å². The van der Waals surface area contributed by atoms with Crippen LogP contribution in [0.3, 0.4) is 0 Å². The molecule has 100 valence electrons. The SMILES string of the molecule is Cc1ccc(CNc2c(C)cc(Cl)nc2Cl)cc1Br. The summed E-state index contributed by atoms with van der Waals surface area (Å²) in [7, 11) is 0. The van der Waals surface area contributed by atoms with Crippen LogP contribution in [0.5, 0.6) is 0 Å². The molecule has 1 aromatic carbocycles. The predicted molar refractivity (Wildman–Crippen MR) is 85.2 cm³/mol. The van der Waals surface area contributed by atoms with Crippen molar-refractivity contribution in [2.24, 2.45) is 0 Å². The number of anilines is 1. The van der Waals surface area contributed by atoms with E-state index in [-0.39, 0.29) is 0 Å². The molecule has 0 fully saturated rings. The van der Waals surface area contributed by atoms with Gasteiger partial charge in [-0.25, -0.2) is 4.98 Å². The summed E-state index contributed by atoms with van der Waals surface area (Å²) in [6.07, 6.45) is 0. The normalized spacial score (nSPS) is 10.6. The van der Waals surface area contributed by atoms with Crippen molar-refractivity contribution in [2.45, 2.75) is 20.4 Å². The van der Waals surface area contributed by atoms with E-state index in [9.17, 15) is 0 Å². The molecular weight excluding hydrogens is 347 g/mol. The van der Waals surface area contributed by atoms with Gasteiger partial charge in [0.1, 0.15) is 5.15 Å². The van der Waals surface area contributed by atoms with Gasteiger partial charge in [-0.05, 0) is 42.7 Å². The molecule has 1 heterocycles. The second-order valence-corrected chi connectivity index (χ2v) is 5.96. The fourth-order valence-electron chi connectivity index (χ4n) is 1.74. The first-order chi connectivity index (χ1) is 8.97. The van der Waals surface area contributed by atoms with Crippen LogP contribution in [0.4, 0.5) is 5.69 Å². The molecular formula is C14H13BrCl2N2. The fourth-order valence-corrected chi connectivity index (χ4v) is 2.77. The average Bonchev–Trinajstić information content (AvgIpc) is 2.32. The van der Waals surface area contributed by atoms with Crippen LogP contribution in [0.2, 0.25) is 10.3 Å². The molecule has 0 amide bonds. The average molecular weight is 360 g/mol. The minimum Gasteiger partial charge on any atom is -0.378 e. The molecule has 19 heavy (non-hydrogen) atoms. The molecule has 2 rings (SSSR count). The highest BCUT2D eigenvalue weighted by atomic mass is 79.9. The summed E-state index contributed by atoms with van der Waals surface area (Å²) in [6, 6.07) is 8.05. The van der Waals surface area contributed by atoms with Gasteiger partial charge < -0.3 is 5.32 Å². The van der Waals surface area contributed by atoms with E-state index in [1.165, 1.54) is 11.1 Å². The molecule has 0 saturated heterocycles. The number of nitrogens with one attached hydrogen (secondary N) is 1. The van der Waals surface area contributed by atoms with Gasteiger partial charge >= 0.3 is 0 Å². The van der Waals surface area contributed by atoms with Crippen LogP contribution in [-0.2, 0) is 6.54 Å². The third kappa shape index (κ3) is 3.62. The second kappa shape index (κ2) is 6.12. The summed E-state index contributed by atoms with van der Waals surface area (Å²) in [5.41, 5.74) is 4.19. The largest absolute Gasteiger partial charge is 0.378 e. The number of aryl methyl sites for hydroxylation is 2. The third-order valence-electron chi connectivity index (χ3n) is 2.85. The van der Waals surface area contributed by atoms with E-state index >= 15 is 0 Å². The van der Waals surface area contributed by atoms with Gasteiger partial charge in [-0.3, -0.25) is 0 Å². The lowest BCUT2D eigenvalue weighted by Gasteiger charge is -2.12. The van der Waals surface area contributed by atoms with Crippen LogP contribution in [0, 0.1) is 13.8 Å². The lowest BCUT2D eigenvalue weighted by molar-refractivity contribution is 1.12. The van der Waals surface area contributed by atoms with Crippen molar-refractivity contribution in [1.82, 2.24) is 4.98 Å². The van der Waals surface area contributed by atoms with E-state index in [4.69, 9.17) is 23.2 Å². The highest BCUT2D eigenvalue weighted by molar-refractivity contribution is 9.10. The summed E-state index contributed by atoms with van der Waals surface area (Å²) in [5, 5.41) is 4.11. The molecule has 5 heteroatoms. The highest BCUT2D eigenvalue weighted by Gasteiger charge is 2.07. The Morgan fingerprint density at radius 2 is 1.89 bits per heavy atom. The van der Waals surface area contributed by atoms with Crippen molar-refractivity contribution in [1.29, 1.82) is 0 Å². The van der Waals surface area contributed by atoms with Crippen LogP contribution >= 0.6 is 39.1 Å². The smallest absolute Gasteiger partial charge is 0.154 e. The number of nitrogens with zero attached hydrogens (tertiary/aromatic N) is 1. The molecule has 0 saturated carbocycles. The molecule has 0 unspecified atom stereocenters. The fraction of sp³-hybridized carbons (Fsp3) is 0.214. The molecule has 0 aliphatic carbocycles. The molecule has 0 atom stereocenters. The van der Waals surface area contributed by atoms with Gasteiger partial charge in [0.2, 0.25) is 0 Å². The Hall–Kier alpha value is -0.770. The van der Waals surface area contributed by atoms with E-state index in [1.807, 2.05) is 6.92 Å². The van der Waals surface area contributed by atoms with Crippen LogP contribution in [0.25, 0.3) is 0 Å². The van der Waals surface area contributed by atoms with Gasteiger partial charge in [-0.2, -0.15) is 0 Å². The van der Waals surface area contributed by atoms with Crippen molar-refractivity contribution in [3.63, 3.8) is 0 Å². The Kier molecular flexibility index (Phi) is 4.71. The number of pyridine rings is 1. The molecule has 1 N–H and O–H groups in total. The topological polar surface area (TPSA) is 24.9 Å². The Morgan fingerprint density at radius 1 is 1.16 bits per heavy atom. The standard InChI is InChI=1S/C14H13BrCl2N2/c1-8-3-4-10(6-11(8)15)7-18-13-9(2)5-12(16)19-14(13)17/h3-6,18H,7H2,1-2H3. The zero-order chi connectivity index (χ0) is 14.0. The number of benzene rings is 1. The van der Waals surface area contributed by atoms with Crippen molar-refractivity contribution < 1.29 is 0 Å². The Bertz CT molecular complexity index is 591. The monoisotopic (exact) mass is 358 g/mol. The lowest BCUT2D eigenvalue weighted by Crippen LogP contribution is -2.03. The molecule has 2 aromatic rings. The maximum Gasteiger partial charge on any atom is 0.154 e. The van der Waals surface area contributed by atoms with Crippen LogP contribution in [0.15, 0.2) is 28.7 Å². The van der Waals surface area contributed by atoms with Gasteiger partial charge in [0.25, 0.3) is 0 Å². The second-order valence-electron chi connectivity index (χ2n) is 4.36. The molecule has 0 radical (unpaired) electrons. The maximum absolute atomic E-state index is 6.09. The van der Waals surface area contributed by atoms with Gasteiger partial charge in [0, 0.05) is 11.0 Å². The van der Waals surface area contributed by atoms with E-state index in [2.05, 4.69) is 51.4 Å². The Balaban J connectivity index is 2.16. The van der Waals surface area contributed by atoms with E-state index in [1.54, 1.807) is 6.07 Å². The quantitative estimate of drug-likeness (QED) is 0.744. The number of hydrogen-bond donors (Lipinski definition) is 1. The summed E-state index contributed by atoms with van der Waals surface area (Å²) in [5.74, 6) is 0. The van der Waals surface area contributed by atoms with E-state index < -0.39 is 0 Å². The Morgan fingerprint density at radius 3 is 2.53 bits per heavy atom. The first-order valence-corrected chi connectivity index (χ1v) is 7.34. The summed E-state index contributed by atoms with van der Waals surface area (Å²) in [6.45, 7) is 4.70. The van der Waals surface area contributed by atoms with Gasteiger partial charge in [-0.1, -0.05) is 51.3 Å². The number of hydrogen-bond acceptors (Lipinski definition) is 2. The summed E-state index contributed by atoms with van der Waals surface area (Å²) in [4.78, 5) is 4.04. The van der Waals surface area contributed by atoms with Gasteiger partial charge in [0.15, 0.2) is 5.15 Å². The molecule has 2 nitrogen and oxygen atoms in total. The predicted octanol–water partition coefficient (Wildman–Crippen LogP) is 5.38. The minimum atomic E-state index is 0.399. The lowest BCUT2D eigenvalue weighted by atomic mass is 10.1. The molecule has 1 aromatic heterocycles. The van der Waals surface area contributed by atoms with E-state index in [0.29, 0.717) is 16.9 Å². The van der Waals surface area contributed by atoms with Gasteiger partial charge in [-0.15, -0.1) is 0 Å². The molecule has 0 aliphatic rings. The molecule has 0 spiro atoms. The van der Waals surface area contributed by atoms with E-state index in [0.717, 1.165) is 15.7 Å². The number of rotatable bonds is 3. The molecule has 0 bridgehead atoms. The van der Waals surface area contributed by atoms with Gasteiger partial charge in [0.05, 0.1) is 5.69 Å². The zero-order valence-electron chi connectivity index (χ0n) is 10.6. The summed E-state index contributed by atoms with van der Waals surface area (Å²) < 4.78 is 1.10. The molecule has 0 aliphatic heterocycles. The van der Waals surface area contributed by atoms with Crippen LogP contribution in [-0.4, -0.2) is 4.98 Å². The Labute approximate surface area is 131 Å². The maximum atomic E-state index is 6.09. The van der Waals surface area contributed by atoms with Crippen molar-refractivity contribution in [3.05, 3.63) is 55.7 Å². The van der Waals surface area contributed by atoms with Crippen molar-refractivity contribution in [2.75, 3.05) is 5.32 Å². The highest BCUT2D eigenvalue weighted by Crippen LogP contribution is 2.27. The third-order valence-corrected chi connectivity index (χ3v) is 4.17. The van der Waals surface area contributed by atoms with Crippen LogP contribution in [0.1, 0.15) is 16.7 Å².